The molecule has 0 amide bonds. The average Bonchev–Trinajstić information content (AvgIpc) is 3.68. The molecule has 0 fully saturated rings. The van der Waals surface area contributed by atoms with Crippen LogP contribution in [0.3, 0.4) is 0 Å². The number of nitrogens with zero attached hydrogens (tertiary/aromatic N) is 1. The summed E-state index contributed by atoms with van der Waals surface area (Å²) >= 11 is 0. The van der Waals surface area contributed by atoms with Crippen molar-refractivity contribution in [2.75, 3.05) is 47.5 Å². The van der Waals surface area contributed by atoms with Gasteiger partial charge in [0.25, 0.3) is 0 Å². The number of likely N-dealkylation sites (N-methyl/N-ethyl adjacent to an activating group) is 1. The van der Waals surface area contributed by atoms with E-state index < -0.39 is 26.5 Å². The molecule has 0 aromatic rings. The van der Waals surface area contributed by atoms with Crippen molar-refractivity contribution in [3.8, 4) is 0 Å². The molecule has 2 unspecified atom stereocenters. The summed E-state index contributed by atoms with van der Waals surface area (Å²) in [6.07, 6.45) is 102. The van der Waals surface area contributed by atoms with Crippen molar-refractivity contribution in [3.63, 3.8) is 0 Å². The van der Waals surface area contributed by atoms with Crippen molar-refractivity contribution in [3.05, 3.63) is 170 Å². The van der Waals surface area contributed by atoms with Crippen LogP contribution in [-0.4, -0.2) is 74.9 Å². The van der Waals surface area contributed by atoms with Crippen LogP contribution in [0, 0.1) is 0 Å². The van der Waals surface area contributed by atoms with E-state index in [1.165, 1.54) is 77.0 Å². The second kappa shape index (κ2) is 66.8. The number of phosphoric acid groups is 1. The minimum atomic E-state index is -4.41. The third-order valence-electron chi connectivity index (χ3n) is 14.2. The molecule has 0 bridgehead atoms. The number of hydrogen-bond acceptors (Lipinski definition) is 7. The van der Waals surface area contributed by atoms with Crippen LogP contribution >= 0.6 is 7.82 Å². The molecule has 0 rings (SSSR count). The molecule has 10 heteroatoms. The molecular formula is C78H129NO8P+. The van der Waals surface area contributed by atoms with Crippen molar-refractivity contribution in [2.24, 2.45) is 0 Å². The zero-order valence-corrected chi connectivity index (χ0v) is 57.5. The number of phosphoric ester groups is 1. The quantitative estimate of drug-likeness (QED) is 0.0211. The molecule has 2 atom stereocenters. The second-order valence-corrected chi connectivity index (χ2v) is 25.3. The van der Waals surface area contributed by atoms with Crippen LogP contribution in [-0.2, 0) is 32.7 Å². The highest BCUT2D eigenvalue weighted by molar-refractivity contribution is 7.47. The molecule has 9 nitrogen and oxygen atoms in total. The lowest BCUT2D eigenvalue weighted by Crippen LogP contribution is -2.37. The summed E-state index contributed by atoms with van der Waals surface area (Å²) in [5.41, 5.74) is 0. The maximum Gasteiger partial charge on any atom is 0.472 e. The Kier molecular flexibility index (Phi) is 63.3. The van der Waals surface area contributed by atoms with Gasteiger partial charge >= 0.3 is 19.8 Å². The molecule has 0 aliphatic heterocycles. The molecule has 0 spiro atoms. The Morgan fingerprint density at radius 1 is 0.352 bits per heavy atom. The van der Waals surface area contributed by atoms with Crippen LogP contribution < -0.4 is 0 Å². The van der Waals surface area contributed by atoms with E-state index in [0.29, 0.717) is 17.4 Å². The standard InChI is InChI=1S/C78H128NO8P/c1-6-8-10-12-14-16-18-20-22-24-26-28-30-32-33-34-35-36-37-38-39-40-41-42-43-44-45-47-49-51-53-55-57-59-61-63-65-67-69-71-78(81)87-76(75-86-88(82,83)85-73-72-79(3,4)5)74-84-77(80)70-68-66-64-62-60-58-56-54-52-50-48-46-31-29-27-25-23-21-19-17-15-13-11-9-7-2/h8-11,14-17,20-23,26-29,32-33,35-36,38-39,41-42,44-46,48,76H,6-7,12-13,18-19,24-25,30-31,34,37,40,43,47,49-75H2,1-5H3/p+1/b10-8-,11-9-,16-14-,17-15-,22-20-,23-21-,28-26-,29-27-,33-32-,36-35-,39-38-,42-41-,45-44-,48-46-. The fraction of sp³-hybridized carbons (Fsp3) is 0.615. The van der Waals surface area contributed by atoms with E-state index in [-0.39, 0.29) is 32.0 Å². The third kappa shape index (κ3) is 70.5. The van der Waals surface area contributed by atoms with Crippen LogP contribution in [0.1, 0.15) is 258 Å². The summed E-state index contributed by atoms with van der Waals surface area (Å²) in [6, 6.07) is 0. The number of carbonyl (C=O) groups is 2. The number of quaternary nitrogens is 1. The Balaban J connectivity index is 4.12. The van der Waals surface area contributed by atoms with Crippen molar-refractivity contribution < 1.29 is 42.1 Å². The molecule has 88 heavy (non-hydrogen) atoms. The van der Waals surface area contributed by atoms with Gasteiger partial charge in [-0.05, 0) is 128 Å². The first-order valence-electron chi connectivity index (χ1n) is 34.9. The minimum Gasteiger partial charge on any atom is -0.462 e. The highest BCUT2D eigenvalue weighted by Gasteiger charge is 2.27. The molecule has 0 aliphatic rings. The lowest BCUT2D eigenvalue weighted by molar-refractivity contribution is -0.870. The second-order valence-electron chi connectivity index (χ2n) is 23.8. The number of unbranched alkanes of at least 4 members (excludes halogenated alkanes) is 20. The van der Waals surface area contributed by atoms with Crippen LogP contribution in [0.4, 0.5) is 0 Å². The average molecular weight is 1240 g/mol. The summed E-state index contributed by atoms with van der Waals surface area (Å²) in [6.45, 7) is 4.19. The van der Waals surface area contributed by atoms with Crippen LogP contribution in [0.25, 0.3) is 0 Å². The van der Waals surface area contributed by atoms with Gasteiger partial charge in [0.05, 0.1) is 27.7 Å². The zero-order valence-electron chi connectivity index (χ0n) is 56.6. The minimum absolute atomic E-state index is 0.0218. The van der Waals surface area contributed by atoms with Crippen molar-refractivity contribution in [1.29, 1.82) is 0 Å². The summed E-state index contributed by atoms with van der Waals surface area (Å²) in [5.74, 6) is -0.815. The number of carbonyl (C=O) groups excluding carboxylic acids is 2. The molecule has 0 radical (unpaired) electrons. The number of allylic oxidation sites excluding steroid dienone is 28. The maximum atomic E-state index is 12.9. The van der Waals surface area contributed by atoms with Crippen molar-refractivity contribution >= 4 is 19.8 Å². The van der Waals surface area contributed by atoms with Crippen molar-refractivity contribution in [2.45, 2.75) is 264 Å². The predicted molar refractivity (Wildman–Crippen MR) is 380 cm³/mol. The third-order valence-corrected chi connectivity index (χ3v) is 15.2. The van der Waals surface area contributed by atoms with Crippen LogP contribution in [0.2, 0.25) is 0 Å². The molecular weight excluding hydrogens is 1110 g/mol. The molecule has 0 saturated heterocycles. The van der Waals surface area contributed by atoms with E-state index >= 15 is 0 Å². The van der Waals surface area contributed by atoms with Gasteiger partial charge in [-0.1, -0.05) is 287 Å². The normalized spacial score (nSPS) is 14.2. The van der Waals surface area contributed by atoms with Gasteiger partial charge in [0.15, 0.2) is 6.10 Å². The van der Waals surface area contributed by atoms with Gasteiger partial charge in [-0.3, -0.25) is 18.6 Å². The van der Waals surface area contributed by atoms with E-state index in [1.54, 1.807) is 0 Å². The van der Waals surface area contributed by atoms with E-state index in [0.717, 1.165) is 148 Å². The molecule has 0 saturated carbocycles. The van der Waals surface area contributed by atoms with E-state index in [9.17, 15) is 19.0 Å². The van der Waals surface area contributed by atoms with Crippen molar-refractivity contribution in [1.82, 2.24) is 0 Å². The van der Waals surface area contributed by atoms with Gasteiger partial charge in [-0.15, -0.1) is 0 Å². The summed E-state index contributed by atoms with van der Waals surface area (Å²) < 4.78 is 34.7. The Bertz CT molecular complexity index is 2090. The zero-order chi connectivity index (χ0) is 64.1. The summed E-state index contributed by atoms with van der Waals surface area (Å²) in [7, 11) is 1.45. The lowest BCUT2D eigenvalue weighted by Gasteiger charge is -2.24. The molecule has 0 heterocycles. The van der Waals surface area contributed by atoms with Gasteiger partial charge in [0.1, 0.15) is 19.8 Å². The smallest absolute Gasteiger partial charge is 0.462 e. The van der Waals surface area contributed by atoms with Gasteiger partial charge in [-0.2, -0.15) is 0 Å². The number of hydrogen-bond donors (Lipinski definition) is 1. The maximum absolute atomic E-state index is 12.9. The highest BCUT2D eigenvalue weighted by atomic mass is 31.2. The van der Waals surface area contributed by atoms with E-state index in [4.69, 9.17) is 18.5 Å². The Morgan fingerprint density at radius 3 is 0.909 bits per heavy atom. The van der Waals surface area contributed by atoms with Gasteiger partial charge < -0.3 is 18.9 Å². The predicted octanol–water partition coefficient (Wildman–Crippen LogP) is 22.9. The molecule has 1 N–H and O–H groups in total. The number of ether oxygens (including phenoxy) is 2. The Labute approximate surface area is 540 Å². The Hall–Kier alpha value is -4.63. The summed E-state index contributed by atoms with van der Waals surface area (Å²) in [4.78, 5) is 35.9. The topological polar surface area (TPSA) is 108 Å². The van der Waals surface area contributed by atoms with E-state index in [1.807, 2.05) is 21.1 Å². The first-order valence-corrected chi connectivity index (χ1v) is 36.4. The number of rotatable bonds is 62. The van der Waals surface area contributed by atoms with Crippen LogP contribution in [0.5, 0.6) is 0 Å². The first-order chi connectivity index (χ1) is 43.0. The largest absolute Gasteiger partial charge is 0.472 e. The van der Waals surface area contributed by atoms with E-state index in [2.05, 4.69) is 184 Å². The van der Waals surface area contributed by atoms with Gasteiger partial charge in [-0.25, -0.2) is 4.57 Å². The Morgan fingerprint density at radius 2 is 0.614 bits per heavy atom. The first kappa shape index (κ1) is 83.4. The molecule has 0 aromatic carbocycles. The van der Waals surface area contributed by atoms with Gasteiger partial charge in [0.2, 0.25) is 0 Å². The fourth-order valence-corrected chi connectivity index (χ4v) is 9.72. The number of esters is 2. The van der Waals surface area contributed by atoms with Gasteiger partial charge in [0, 0.05) is 12.8 Å². The van der Waals surface area contributed by atoms with Crippen LogP contribution in [0.15, 0.2) is 170 Å². The fourth-order valence-electron chi connectivity index (χ4n) is 8.98. The molecule has 498 valence electrons. The molecule has 0 aliphatic carbocycles. The SMILES string of the molecule is CC/C=C\C/C=C\C/C=C\C/C=C\C/C=C\C/C=C\C/C=C\C/C=C\C/C=C\CCCCCCCCCCCCCC(=O)OC(COC(=O)CCCCCCCCCCC/C=C\C/C=C\C/C=C\C/C=C\C/C=C\CC)COP(=O)(O)OCC[N+](C)(C)C. The molecule has 0 aromatic heterocycles. The summed E-state index contributed by atoms with van der Waals surface area (Å²) in [5, 5.41) is 0. The monoisotopic (exact) mass is 1240 g/mol. The highest BCUT2D eigenvalue weighted by Crippen LogP contribution is 2.43. The lowest BCUT2D eigenvalue weighted by atomic mass is 10.0.